The predicted octanol–water partition coefficient (Wildman–Crippen LogP) is 4.18. The molecular weight excluding hydrogens is 246 g/mol. The highest BCUT2D eigenvalue weighted by molar-refractivity contribution is 5.70. The second-order valence-corrected chi connectivity index (χ2v) is 7.35. The molecule has 0 fully saturated rings. The average molecular weight is 271 g/mol. The molecule has 0 spiro atoms. The molecule has 0 saturated carbocycles. The van der Waals surface area contributed by atoms with Gasteiger partial charge in [0.05, 0.1) is 6.33 Å². The van der Waals surface area contributed by atoms with Crippen LogP contribution in [0, 0.1) is 0 Å². The van der Waals surface area contributed by atoms with Crippen LogP contribution in [-0.2, 0) is 11.0 Å². The third-order valence-corrected chi connectivity index (χ3v) is 3.55. The molecule has 1 aromatic heterocycles. The summed E-state index contributed by atoms with van der Waals surface area (Å²) in [6, 6.07) is 8.52. The van der Waals surface area contributed by atoms with Gasteiger partial charge in [0.15, 0.2) is 0 Å². The van der Waals surface area contributed by atoms with E-state index >= 15 is 0 Å². The summed E-state index contributed by atoms with van der Waals surface area (Å²) in [7, 11) is 0. The minimum atomic E-state index is -0.0549. The van der Waals surface area contributed by atoms with Gasteiger partial charge in [-0.3, -0.25) is 0 Å². The van der Waals surface area contributed by atoms with Crippen LogP contribution in [0.15, 0.2) is 30.6 Å². The largest absolute Gasteiger partial charge is 0.383 e. The molecule has 3 nitrogen and oxygen atoms in total. The molecule has 0 aliphatic carbocycles. The van der Waals surface area contributed by atoms with E-state index in [0.29, 0.717) is 0 Å². The van der Waals surface area contributed by atoms with Crippen LogP contribution in [0.4, 0.5) is 5.82 Å². The van der Waals surface area contributed by atoms with Crippen molar-refractivity contribution in [3.05, 3.63) is 36.2 Å². The zero-order valence-electron chi connectivity index (χ0n) is 13.4. The lowest BCUT2D eigenvalue weighted by Crippen LogP contribution is -2.22. The minimum absolute atomic E-state index is 0.0549. The first-order chi connectivity index (χ1) is 9.10. The van der Waals surface area contributed by atoms with Gasteiger partial charge in [0.25, 0.3) is 0 Å². The Morgan fingerprint density at radius 1 is 0.950 bits per heavy atom. The predicted molar refractivity (Wildman–Crippen MR) is 85.8 cm³/mol. The van der Waals surface area contributed by atoms with Crippen LogP contribution in [0.2, 0.25) is 0 Å². The molecule has 2 rings (SSSR count). The molecule has 0 amide bonds. The highest BCUT2D eigenvalue weighted by atomic mass is 15.2. The summed E-state index contributed by atoms with van der Waals surface area (Å²) in [5.41, 5.74) is 9.60. The van der Waals surface area contributed by atoms with Crippen molar-refractivity contribution in [2.45, 2.75) is 52.5 Å². The average Bonchev–Trinajstić information content (AvgIpc) is 2.70. The Bertz CT molecular complexity index is 593. The summed E-state index contributed by atoms with van der Waals surface area (Å²) < 4.78 is 2.01. The molecule has 0 atom stereocenters. The van der Waals surface area contributed by atoms with Crippen LogP contribution >= 0.6 is 0 Å². The number of rotatable bonds is 1. The van der Waals surface area contributed by atoms with Gasteiger partial charge in [0, 0.05) is 11.1 Å². The number of nitrogens with two attached hydrogens (primary N) is 1. The Morgan fingerprint density at radius 2 is 1.50 bits per heavy atom. The number of anilines is 1. The van der Waals surface area contributed by atoms with Crippen molar-refractivity contribution in [2.24, 2.45) is 0 Å². The smallest absolute Gasteiger partial charge is 0.132 e. The summed E-state index contributed by atoms with van der Waals surface area (Å²) in [6.07, 6.45) is 1.82. The zero-order valence-corrected chi connectivity index (χ0v) is 13.4. The van der Waals surface area contributed by atoms with E-state index in [1.165, 1.54) is 5.56 Å². The highest BCUT2D eigenvalue weighted by Crippen LogP contribution is 2.30. The lowest BCUT2D eigenvalue weighted by Gasteiger charge is -2.22. The summed E-state index contributed by atoms with van der Waals surface area (Å²) in [5.74, 6) is 0.723. The van der Waals surface area contributed by atoms with Gasteiger partial charge in [-0.2, -0.15) is 0 Å². The number of imidazole rings is 1. The van der Waals surface area contributed by atoms with Crippen LogP contribution in [-0.4, -0.2) is 9.55 Å². The van der Waals surface area contributed by atoms with Gasteiger partial charge < -0.3 is 10.3 Å². The van der Waals surface area contributed by atoms with E-state index < -0.39 is 0 Å². The maximum absolute atomic E-state index is 6.25. The first kappa shape index (κ1) is 14.6. The molecule has 0 bridgehead atoms. The van der Waals surface area contributed by atoms with Crippen molar-refractivity contribution in [1.29, 1.82) is 0 Å². The fourth-order valence-electron chi connectivity index (χ4n) is 2.24. The number of nitrogens with zero attached hydrogens (tertiary/aromatic N) is 2. The zero-order chi connectivity index (χ0) is 15.1. The number of hydrogen-bond acceptors (Lipinski definition) is 2. The molecule has 1 aromatic carbocycles. The fourth-order valence-corrected chi connectivity index (χ4v) is 2.24. The number of nitrogen functional groups attached to an aromatic ring is 1. The van der Waals surface area contributed by atoms with Crippen LogP contribution in [0.3, 0.4) is 0 Å². The van der Waals surface area contributed by atoms with Gasteiger partial charge >= 0.3 is 0 Å². The molecule has 3 heteroatoms. The van der Waals surface area contributed by atoms with E-state index in [-0.39, 0.29) is 11.0 Å². The van der Waals surface area contributed by atoms with Crippen LogP contribution in [0.1, 0.15) is 47.1 Å². The number of benzene rings is 1. The first-order valence-electron chi connectivity index (χ1n) is 7.05. The van der Waals surface area contributed by atoms with Crippen molar-refractivity contribution >= 4 is 5.82 Å². The van der Waals surface area contributed by atoms with Gasteiger partial charge in [-0.1, -0.05) is 45.0 Å². The summed E-state index contributed by atoms with van der Waals surface area (Å²) in [6.45, 7) is 13.0. The third kappa shape index (κ3) is 2.72. The van der Waals surface area contributed by atoms with E-state index in [2.05, 4.69) is 70.8 Å². The molecule has 2 aromatic rings. The van der Waals surface area contributed by atoms with Crippen molar-refractivity contribution in [3.8, 4) is 11.3 Å². The summed E-state index contributed by atoms with van der Waals surface area (Å²) in [4.78, 5) is 4.48. The Morgan fingerprint density at radius 3 is 1.90 bits per heavy atom. The van der Waals surface area contributed by atoms with E-state index in [4.69, 9.17) is 5.73 Å². The fraction of sp³-hybridized carbons (Fsp3) is 0.471. The standard InChI is InChI=1S/C17H25N3/c1-16(2,3)13-9-7-12(8-10-13)14-15(18)20(11-19-14)17(4,5)6/h7-11H,18H2,1-6H3. The highest BCUT2D eigenvalue weighted by Gasteiger charge is 2.20. The maximum atomic E-state index is 6.25. The topological polar surface area (TPSA) is 43.8 Å². The Hall–Kier alpha value is -1.77. The Balaban J connectivity index is 2.41. The van der Waals surface area contributed by atoms with Crippen molar-refractivity contribution in [1.82, 2.24) is 9.55 Å². The van der Waals surface area contributed by atoms with Crippen LogP contribution < -0.4 is 5.73 Å². The van der Waals surface area contributed by atoms with Crippen molar-refractivity contribution in [2.75, 3.05) is 5.73 Å². The minimum Gasteiger partial charge on any atom is -0.383 e. The van der Waals surface area contributed by atoms with Crippen molar-refractivity contribution in [3.63, 3.8) is 0 Å². The molecule has 0 radical (unpaired) electrons. The Labute approximate surface area is 121 Å². The third-order valence-electron chi connectivity index (χ3n) is 3.55. The second-order valence-electron chi connectivity index (χ2n) is 7.35. The normalized spacial score (nSPS) is 12.7. The molecule has 0 aliphatic heterocycles. The maximum Gasteiger partial charge on any atom is 0.132 e. The van der Waals surface area contributed by atoms with Gasteiger partial charge in [0.2, 0.25) is 0 Å². The van der Waals surface area contributed by atoms with Crippen molar-refractivity contribution < 1.29 is 0 Å². The quantitative estimate of drug-likeness (QED) is 0.845. The molecule has 20 heavy (non-hydrogen) atoms. The molecule has 0 unspecified atom stereocenters. The van der Waals surface area contributed by atoms with Gasteiger partial charge in [-0.25, -0.2) is 4.98 Å². The molecule has 0 saturated heterocycles. The summed E-state index contributed by atoms with van der Waals surface area (Å²) in [5, 5.41) is 0. The monoisotopic (exact) mass is 271 g/mol. The van der Waals surface area contributed by atoms with E-state index in [9.17, 15) is 0 Å². The molecular formula is C17H25N3. The van der Waals surface area contributed by atoms with Crippen LogP contribution in [0.25, 0.3) is 11.3 Å². The molecule has 108 valence electrons. The van der Waals surface area contributed by atoms with E-state index in [1.807, 2.05) is 10.9 Å². The van der Waals surface area contributed by atoms with E-state index in [1.54, 1.807) is 0 Å². The first-order valence-corrected chi connectivity index (χ1v) is 7.05. The van der Waals surface area contributed by atoms with Crippen LogP contribution in [0.5, 0.6) is 0 Å². The molecule has 2 N–H and O–H groups in total. The number of aromatic nitrogens is 2. The van der Waals surface area contributed by atoms with Gasteiger partial charge in [-0.05, 0) is 31.7 Å². The van der Waals surface area contributed by atoms with Gasteiger partial charge in [0.1, 0.15) is 11.5 Å². The summed E-state index contributed by atoms with van der Waals surface area (Å²) >= 11 is 0. The van der Waals surface area contributed by atoms with E-state index in [0.717, 1.165) is 17.1 Å². The number of hydrogen-bond donors (Lipinski definition) is 1. The SMILES string of the molecule is CC(C)(C)c1ccc(-c2ncn(C(C)(C)C)c2N)cc1. The Kier molecular flexibility index (Phi) is 3.41. The lowest BCUT2D eigenvalue weighted by atomic mass is 9.86. The molecule has 0 aliphatic rings. The molecule has 1 heterocycles. The lowest BCUT2D eigenvalue weighted by molar-refractivity contribution is 0.402. The van der Waals surface area contributed by atoms with Gasteiger partial charge in [-0.15, -0.1) is 0 Å². The second kappa shape index (κ2) is 4.65.